The number of rotatable bonds is 5. The van der Waals surface area contributed by atoms with Gasteiger partial charge in [-0.25, -0.2) is 9.37 Å². The van der Waals surface area contributed by atoms with Crippen LogP contribution in [0.4, 0.5) is 4.39 Å². The highest BCUT2D eigenvalue weighted by atomic mass is 32.2. The Hall–Kier alpha value is -2.75. The van der Waals surface area contributed by atoms with Gasteiger partial charge in [-0.1, -0.05) is 18.6 Å². The first-order chi connectivity index (χ1) is 13.2. The quantitative estimate of drug-likeness (QED) is 0.748. The Kier molecular flexibility index (Phi) is 5.78. The zero-order chi connectivity index (χ0) is 20.3. The molecule has 0 aliphatic carbocycles. The van der Waals surface area contributed by atoms with Crippen molar-refractivity contribution >= 4 is 16.0 Å². The smallest absolute Gasteiger partial charge is 0.306 e. The number of nitrogens with zero attached hydrogens (tertiary/aromatic N) is 2. The molecule has 1 aliphatic rings. The Balaban J connectivity index is 1.96. The van der Waals surface area contributed by atoms with Gasteiger partial charge >= 0.3 is 10.1 Å². The van der Waals surface area contributed by atoms with E-state index < -0.39 is 33.2 Å². The summed E-state index contributed by atoms with van der Waals surface area (Å²) in [6, 6.07) is 5.52. The second kappa shape index (κ2) is 8.09. The molecule has 1 amide bonds. The summed E-state index contributed by atoms with van der Waals surface area (Å²) in [7, 11) is -4.04. The van der Waals surface area contributed by atoms with Crippen molar-refractivity contribution in [3.63, 3.8) is 0 Å². The predicted molar refractivity (Wildman–Crippen MR) is 99.1 cm³/mol. The number of nitrogens with one attached hydrogen (secondary N) is 1. The van der Waals surface area contributed by atoms with Crippen LogP contribution < -0.4 is 15.1 Å². The average Bonchev–Trinajstić information content (AvgIpc) is 2.88. The molecular weight excluding hydrogens is 389 g/mol. The average molecular weight is 409 g/mol. The fraction of sp³-hybridized carbons (Fsp3) is 0.389. The van der Waals surface area contributed by atoms with Crippen molar-refractivity contribution in [2.45, 2.75) is 38.8 Å². The molecule has 150 valence electrons. The van der Waals surface area contributed by atoms with E-state index in [1.165, 1.54) is 28.8 Å². The monoisotopic (exact) mass is 409 g/mol. The predicted octanol–water partition coefficient (Wildman–Crippen LogP) is 1.38. The summed E-state index contributed by atoms with van der Waals surface area (Å²) in [5.74, 6) is -1.33. The molecule has 28 heavy (non-hydrogen) atoms. The van der Waals surface area contributed by atoms with Gasteiger partial charge in [-0.2, -0.15) is 8.42 Å². The largest absolute Gasteiger partial charge is 0.374 e. The normalized spacial score (nSPS) is 14.1. The molecule has 0 saturated heterocycles. The maximum absolute atomic E-state index is 13.0. The first-order valence-electron chi connectivity index (χ1n) is 8.80. The Morgan fingerprint density at radius 2 is 1.96 bits per heavy atom. The number of carbonyl (C=O) groups excluding carboxylic acids is 1. The standard InChI is InChI=1S/C18H20FN3O5S/c1-28(25,26)27-16-15(17(23)20-11-12-6-8-13(19)9-7-12)21-14-5-3-2-4-10-22(14)18(16)24/h6-9H,2-5,10-11H2,1H3,(H,20,23). The number of amides is 1. The second-order valence-corrected chi connectivity index (χ2v) is 8.14. The van der Waals surface area contributed by atoms with E-state index in [0.717, 1.165) is 25.5 Å². The van der Waals surface area contributed by atoms with Crippen LogP contribution in [-0.2, 0) is 29.6 Å². The van der Waals surface area contributed by atoms with Gasteiger partial charge < -0.3 is 9.50 Å². The molecule has 1 aromatic carbocycles. The van der Waals surface area contributed by atoms with E-state index in [-0.39, 0.29) is 12.2 Å². The molecule has 10 heteroatoms. The van der Waals surface area contributed by atoms with Crippen molar-refractivity contribution in [3.05, 3.63) is 57.5 Å². The molecule has 0 unspecified atom stereocenters. The van der Waals surface area contributed by atoms with Crippen LogP contribution in [0.5, 0.6) is 5.75 Å². The number of benzene rings is 1. The van der Waals surface area contributed by atoms with Crippen molar-refractivity contribution < 1.29 is 21.8 Å². The molecule has 1 aliphatic heterocycles. The summed E-state index contributed by atoms with van der Waals surface area (Å²) in [5, 5.41) is 2.56. The number of hydrogen-bond acceptors (Lipinski definition) is 6. The number of carbonyl (C=O) groups is 1. The maximum Gasteiger partial charge on any atom is 0.306 e. The van der Waals surface area contributed by atoms with Crippen LogP contribution in [0.2, 0.25) is 0 Å². The van der Waals surface area contributed by atoms with Crippen LogP contribution in [0, 0.1) is 5.82 Å². The first-order valence-corrected chi connectivity index (χ1v) is 10.6. The summed E-state index contributed by atoms with van der Waals surface area (Å²) in [4.78, 5) is 29.7. The fourth-order valence-electron chi connectivity index (χ4n) is 2.98. The van der Waals surface area contributed by atoms with Gasteiger partial charge in [0.15, 0.2) is 5.69 Å². The van der Waals surface area contributed by atoms with Crippen molar-refractivity contribution in [2.75, 3.05) is 6.26 Å². The second-order valence-electron chi connectivity index (χ2n) is 6.57. The lowest BCUT2D eigenvalue weighted by atomic mass is 10.2. The number of aryl methyl sites for hydroxylation is 1. The molecule has 3 rings (SSSR count). The molecule has 1 N–H and O–H groups in total. The zero-order valence-electron chi connectivity index (χ0n) is 15.3. The summed E-state index contributed by atoms with van der Waals surface area (Å²) in [6.45, 7) is 0.441. The third-order valence-corrected chi connectivity index (χ3v) is 4.77. The molecule has 8 nitrogen and oxygen atoms in total. The van der Waals surface area contributed by atoms with Gasteiger partial charge in [-0.05, 0) is 30.5 Å². The van der Waals surface area contributed by atoms with Gasteiger partial charge in [0, 0.05) is 19.5 Å². The van der Waals surface area contributed by atoms with Crippen LogP contribution in [0.3, 0.4) is 0 Å². The minimum absolute atomic E-state index is 0.0531. The molecule has 0 fully saturated rings. The third-order valence-electron chi connectivity index (χ3n) is 4.31. The lowest BCUT2D eigenvalue weighted by Crippen LogP contribution is -2.33. The number of aromatic nitrogens is 2. The molecular formula is C18H20FN3O5S. The minimum Gasteiger partial charge on any atom is -0.374 e. The number of halogens is 1. The molecule has 0 spiro atoms. The number of hydrogen-bond donors (Lipinski definition) is 1. The van der Waals surface area contributed by atoms with Crippen molar-refractivity contribution in [1.29, 1.82) is 0 Å². The SMILES string of the molecule is CS(=O)(=O)Oc1c(C(=O)NCc2ccc(F)cc2)nc2n(c1=O)CCCCC2. The Bertz CT molecular complexity index is 1050. The van der Waals surface area contributed by atoms with Gasteiger partial charge in [0.05, 0.1) is 6.26 Å². The van der Waals surface area contributed by atoms with E-state index >= 15 is 0 Å². The zero-order valence-corrected chi connectivity index (χ0v) is 16.1. The highest BCUT2D eigenvalue weighted by Crippen LogP contribution is 2.18. The van der Waals surface area contributed by atoms with Gasteiger partial charge in [0.2, 0.25) is 5.75 Å². The molecule has 2 aromatic rings. The summed E-state index contributed by atoms with van der Waals surface area (Å²) < 4.78 is 42.4. The van der Waals surface area contributed by atoms with Crippen LogP contribution >= 0.6 is 0 Å². The fourth-order valence-corrected chi connectivity index (χ4v) is 3.43. The number of fused-ring (bicyclic) bond motifs is 1. The summed E-state index contributed by atoms with van der Waals surface area (Å²) in [5.41, 5.74) is -0.429. The molecule has 0 saturated carbocycles. The van der Waals surface area contributed by atoms with Gasteiger partial charge in [0.1, 0.15) is 11.6 Å². The van der Waals surface area contributed by atoms with Crippen molar-refractivity contribution in [1.82, 2.24) is 14.9 Å². The Labute approximate surface area is 161 Å². The van der Waals surface area contributed by atoms with Crippen LogP contribution in [0.1, 0.15) is 41.1 Å². The lowest BCUT2D eigenvalue weighted by molar-refractivity contribution is 0.0943. The molecule has 0 bridgehead atoms. The van der Waals surface area contributed by atoms with E-state index in [1.54, 1.807) is 0 Å². The Morgan fingerprint density at radius 3 is 2.64 bits per heavy atom. The van der Waals surface area contributed by atoms with E-state index in [9.17, 15) is 22.4 Å². The van der Waals surface area contributed by atoms with E-state index in [4.69, 9.17) is 4.18 Å². The van der Waals surface area contributed by atoms with Crippen LogP contribution in [0.15, 0.2) is 29.1 Å². The van der Waals surface area contributed by atoms with Crippen LogP contribution in [0.25, 0.3) is 0 Å². The highest BCUT2D eigenvalue weighted by molar-refractivity contribution is 7.86. The topological polar surface area (TPSA) is 107 Å². The first kappa shape index (κ1) is 20.0. The molecule has 0 atom stereocenters. The van der Waals surface area contributed by atoms with E-state index in [0.29, 0.717) is 24.4 Å². The third kappa shape index (κ3) is 4.75. The van der Waals surface area contributed by atoms with Gasteiger partial charge in [-0.3, -0.25) is 14.2 Å². The van der Waals surface area contributed by atoms with Crippen molar-refractivity contribution in [3.8, 4) is 5.75 Å². The summed E-state index contributed by atoms with van der Waals surface area (Å²) in [6.07, 6.45) is 3.77. The molecule has 0 radical (unpaired) electrons. The Morgan fingerprint density at radius 1 is 1.25 bits per heavy atom. The van der Waals surface area contributed by atoms with Gasteiger partial charge in [-0.15, -0.1) is 0 Å². The van der Waals surface area contributed by atoms with Crippen LogP contribution in [-0.4, -0.2) is 30.1 Å². The molecule has 2 heterocycles. The molecule has 1 aromatic heterocycles. The highest BCUT2D eigenvalue weighted by Gasteiger charge is 2.26. The van der Waals surface area contributed by atoms with Crippen molar-refractivity contribution in [2.24, 2.45) is 0 Å². The minimum atomic E-state index is -4.04. The van der Waals surface area contributed by atoms with Gasteiger partial charge in [0.25, 0.3) is 11.5 Å². The lowest BCUT2D eigenvalue weighted by Gasteiger charge is -2.14. The maximum atomic E-state index is 13.0. The van der Waals surface area contributed by atoms with E-state index in [1.807, 2.05) is 0 Å². The summed E-state index contributed by atoms with van der Waals surface area (Å²) >= 11 is 0. The van der Waals surface area contributed by atoms with E-state index in [2.05, 4.69) is 10.3 Å².